The van der Waals surface area contributed by atoms with Crippen LogP contribution in [0.1, 0.15) is 84.5 Å². The first-order chi connectivity index (χ1) is 11.8. The average Bonchev–Trinajstić information content (AvgIpc) is 2.64. The Morgan fingerprint density at radius 3 is 2.00 bits per heavy atom. The van der Waals surface area contributed by atoms with E-state index in [1.165, 1.54) is 70.6 Å². The summed E-state index contributed by atoms with van der Waals surface area (Å²) in [4.78, 5) is 0. The van der Waals surface area contributed by atoms with Crippen LogP contribution in [-0.4, -0.2) is 13.2 Å². The molecule has 2 saturated carbocycles. The summed E-state index contributed by atoms with van der Waals surface area (Å²) in [6.07, 6.45) is 24.6. The van der Waals surface area contributed by atoms with Crippen molar-refractivity contribution < 1.29 is 4.74 Å². The first-order valence-electron chi connectivity index (χ1n) is 10.7. The minimum atomic E-state index is 0.799. The van der Waals surface area contributed by atoms with Gasteiger partial charge in [-0.3, -0.25) is 0 Å². The topological polar surface area (TPSA) is 9.23 Å². The minimum absolute atomic E-state index is 0.799. The number of hydrogen-bond donors (Lipinski definition) is 0. The molecule has 0 aromatic heterocycles. The summed E-state index contributed by atoms with van der Waals surface area (Å²) in [5, 5.41) is 0. The lowest BCUT2D eigenvalue weighted by molar-refractivity contribution is 0.0780. The van der Waals surface area contributed by atoms with E-state index < -0.39 is 0 Å². The Bertz CT molecular complexity index is 354. The van der Waals surface area contributed by atoms with Gasteiger partial charge in [-0.05, 0) is 88.4 Å². The molecule has 0 amide bonds. The first kappa shape index (κ1) is 19.8. The van der Waals surface area contributed by atoms with E-state index in [0.29, 0.717) is 0 Å². The number of rotatable bonds is 9. The second kappa shape index (κ2) is 11.9. The lowest BCUT2D eigenvalue weighted by atomic mass is 9.69. The highest BCUT2D eigenvalue weighted by Gasteiger charge is 2.30. The van der Waals surface area contributed by atoms with Crippen LogP contribution in [0.3, 0.4) is 0 Å². The summed E-state index contributed by atoms with van der Waals surface area (Å²) in [6, 6.07) is 0. The van der Waals surface area contributed by atoms with Gasteiger partial charge in [0.05, 0.1) is 6.61 Å². The third kappa shape index (κ3) is 7.13. The molecule has 0 radical (unpaired) electrons. The molecule has 0 bridgehead atoms. The van der Waals surface area contributed by atoms with E-state index in [1.807, 2.05) is 0 Å². The van der Waals surface area contributed by atoms with E-state index >= 15 is 0 Å². The van der Waals surface area contributed by atoms with Crippen LogP contribution in [0.5, 0.6) is 0 Å². The monoisotopic (exact) mass is 332 g/mol. The molecule has 0 spiro atoms. The summed E-state index contributed by atoms with van der Waals surface area (Å²) in [5.41, 5.74) is 0. The number of hydrogen-bond acceptors (Lipinski definition) is 1. The molecule has 0 aromatic rings. The lowest BCUT2D eigenvalue weighted by Gasteiger charge is -2.37. The highest BCUT2D eigenvalue weighted by Crippen LogP contribution is 2.42. The second-order valence-electron chi connectivity index (χ2n) is 8.13. The molecule has 2 rings (SSSR count). The fourth-order valence-electron chi connectivity index (χ4n) is 4.79. The Kier molecular flexibility index (Phi) is 9.80. The van der Waals surface area contributed by atoms with Gasteiger partial charge >= 0.3 is 0 Å². The van der Waals surface area contributed by atoms with Crippen molar-refractivity contribution in [1.29, 1.82) is 0 Å². The van der Waals surface area contributed by atoms with Crippen LogP contribution in [0.25, 0.3) is 0 Å². The molecule has 1 nitrogen and oxygen atoms in total. The van der Waals surface area contributed by atoms with Crippen molar-refractivity contribution in [3.05, 3.63) is 24.3 Å². The van der Waals surface area contributed by atoms with Gasteiger partial charge in [-0.2, -0.15) is 0 Å². The maximum atomic E-state index is 5.77. The van der Waals surface area contributed by atoms with Crippen LogP contribution in [0.15, 0.2) is 24.3 Å². The van der Waals surface area contributed by atoms with Crippen LogP contribution in [0.2, 0.25) is 0 Å². The molecule has 0 heterocycles. The zero-order valence-electron chi connectivity index (χ0n) is 16.2. The van der Waals surface area contributed by atoms with Crippen molar-refractivity contribution in [2.24, 2.45) is 23.7 Å². The smallest absolute Gasteiger partial charge is 0.0647 e. The number of ether oxygens (including phenoxy) is 1. The molecular weight excluding hydrogens is 292 g/mol. The highest BCUT2D eigenvalue weighted by atomic mass is 16.5. The Hall–Kier alpha value is -0.560. The largest absolute Gasteiger partial charge is 0.377 e. The van der Waals surface area contributed by atoms with Crippen LogP contribution in [0.4, 0.5) is 0 Å². The molecule has 138 valence electrons. The summed E-state index contributed by atoms with van der Waals surface area (Å²) >= 11 is 0. The third-order valence-electron chi connectivity index (χ3n) is 6.40. The fraction of sp³-hybridized carbons (Fsp3) is 0.826. The molecular formula is C23H40O. The fourth-order valence-corrected chi connectivity index (χ4v) is 4.79. The van der Waals surface area contributed by atoms with Gasteiger partial charge in [-0.15, -0.1) is 0 Å². The Morgan fingerprint density at radius 1 is 0.792 bits per heavy atom. The maximum Gasteiger partial charge on any atom is 0.0647 e. The van der Waals surface area contributed by atoms with E-state index in [-0.39, 0.29) is 0 Å². The molecule has 0 unspecified atom stereocenters. The average molecular weight is 333 g/mol. The Labute approximate surface area is 150 Å². The van der Waals surface area contributed by atoms with Gasteiger partial charge in [0, 0.05) is 6.61 Å². The van der Waals surface area contributed by atoms with Gasteiger partial charge in [0.15, 0.2) is 0 Å². The zero-order valence-corrected chi connectivity index (χ0v) is 16.2. The molecule has 0 aliphatic heterocycles. The molecule has 0 saturated heterocycles. The summed E-state index contributed by atoms with van der Waals surface area (Å²) in [5.74, 6) is 3.90. The lowest BCUT2D eigenvalue weighted by Crippen LogP contribution is -2.27. The van der Waals surface area contributed by atoms with Crippen molar-refractivity contribution in [3.8, 4) is 0 Å². The molecule has 2 aliphatic carbocycles. The van der Waals surface area contributed by atoms with Crippen LogP contribution in [0, 0.1) is 23.7 Å². The summed E-state index contributed by atoms with van der Waals surface area (Å²) < 4.78 is 5.77. The van der Waals surface area contributed by atoms with E-state index in [2.05, 4.69) is 38.2 Å². The van der Waals surface area contributed by atoms with E-state index in [9.17, 15) is 0 Å². The van der Waals surface area contributed by atoms with Gasteiger partial charge in [0.2, 0.25) is 0 Å². The van der Waals surface area contributed by atoms with Crippen molar-refractivity contribution in [3.63, 3.8) is 0 Å². The normalized spacial score (nSPS) is 31.9. The van der Waals surface area contributed by atoms with Gasteiger partial charge in [-0.25, -0.2) is 0 Å². The Balaban J connectivity index is 1.57. The predicted octanol–water partition coefficient (Wildman–Crippen LogP) is 6.94. The number of allylic oxidation sites excluding steroid dienone is 3. The van der Waals surface area contributed by atoms with Crippen molar-refractivity contribution >= 4 is 0 Å². The summed E-state index contributed by atoms with van der Waals surface area (Å²) in [6.45, 7) is 6.07. The highest BCUT2D eigenvalue weighted by molar-refractivity contribution is 4.85. The SMILES string of the molecule is CC=CCOCC1CCC(C2CCC(CCC=CCC)CC2)CC1. The second-order valence-corrected chi connectivity index (χ2v) is 8.13. The van der Waals surface area contributed by atoms with Gasteiger partial charge in [0.1, 0.15) is 0 Å². The maximum absolute atomic E-state index is 5.77. The first-order valence-corrected chi connectivity index (χ1v) is 10.7. The molecule has 24 heavy (non-hydrogen) atoms. The molecule has 1 heteroatoms. The van der Waals surface area contributed by atoms with Crippen LogP contribution in [-0.2, 0) is 4.74 Å². The third-order valence-corrected chi connectivity index (χ3v) is 6.40. The Morgan fingerprint density at radius 2 is 1.42 bits per heavy atom. The van der Waals surface area contributed by atoms with Gasteiger partial charge < -0.3 is 4.74 Å². The predicted molar refractivity (Wildman–Crippen MR) is 105 cm³/mol. The van der Waals surface area contributed by atoms with Gasteiger partial charge in [-0.1, -0.05) is 44.1 Å². The quantitative estimate of drug-likeness (QED) is 0.328. The molecule has 0 N–H and O–H groups in total. The van der Waals surface area contributed by atoms with Crippen molar-refractivity contribution in [2.75, 3.05) is 13.2 Å². The van der Waals surface area contributed by atoms with Crippen LogP contribution < -0.4 is 0 Å². The van der Waals surface area contributed by atoms with Crippen molar-refractivity contribution in [2.45, 2.75) is 84.5 Å². The van der Waals surface area contributed by atoms with E-state index in [0.717, 1.165) is 36.9 Å². The standard InChI is InChI=1S/C23H40O/c1-3-5-7-8-9-20-10-14-22(15-11-20)23-16-12-21(13-17-23)19-24-18-6-4-2/h4-7,20-23H,3,8-19H2,1-2H3. The molecule has 0 aromatic carbocycles. The minimum Gasteiger partial charge on any atom is -0.377 e. The van der Waals surface area contributed by atoms with Gasteiger partial charge in [0.25, 0.3) is 0 Å². The summed E-state index contributed by atoms with van der Waals surface area (Å²) in [7, 11) is 0. The molecule has 2 fully saturated rings. The van der Waals surface area contributed by atoms with Crippen LogP contribution >= 0.6 is 0 Å². The zero-order chi connectivity index (χ0) is 17.0. The molecule has 0 atom stereocenters. The molecule has 2 aliphatic rings. The van der Waals surface area contributed by atoms with E-state index in [1.54, 1.807) is 0 Å². The van der Waals surface area contributed by atoms with E-state index in [4.69, 9.17) is 4.74 Å². The van der Waals surface area contributed by atoms with Crippen molar-refractivity contribution in [1.82, 2.24) is 0 Å².